The van der Waals surface area contributed by atoms with Crippen molar-refractivity contribution in [2.24, 2.45) is 10.1 Å². The van der Waals surface area contributed by atoms with Gasteiger partial charge in [-0.2, -0.15) is 5.10 Å². The zero-order valence-electron chi connectivity index (χ0n) is 13.0. The molecule has 0 N–H and O–H groups in total. The molecule has 0 aliphatic carbocycles. The summed E-state index contributed by atoms with van der Waals surface area (Å²) in [4.78, 5) is 5.31. The van der Waals surface area contributed by atoms with E-state index in [4.69, 9.17) is 13.9 Å². The molecule has 0 radical (unpaired) electrons. The molecule has 0 saturated carbocycles. The number of fused-ring (bicyclic) bond motifs is 1. The Labute approximate surface area is 142 Å². The van der Waals surface area contributed by atoms with Crippen LogP contribution in [0.3, 0.4) is 0 Å². The van der Waals surface area contributed by atoms with Gasteiger partial charge < -0.3 is 13.9 Å². The molecule has 1 aliphatic rings. The van der Waals surface area contributed by atoms with Gasteiger partial charge in [-0.1, -0.05) is 0 Å². The van der Waals surface area contributed by atoms with Gasteiger partial charge in [-0.25, -0.2) is 4.68 Å². The van der Waals surface area contributed by atoms with Crippen molar-refractivity contribution in [1.82, 2.24) is 4.68 Å². The lowest BCUT2D eigenvalue weighted by molar-refractivity contribution is 0.174. The molecule has 7 heteroatoms. The standard InChI is InChI=1S/C17H15N3O3S/c1-2-18-17-20(13(10-24-17)14-4-3-7-21-14)19-9-12-5-6-15-16(8-12)23-11-22-15/h3-10H,2,11H2,1H3. The topological polar surface area (TPSA) is 61.2 Å². The molecule has 0 bridgehead atoms. The number of hydrogen-bond donors (Lipinski definition) is 0. The molecule has 2 aromatic heterocycles. The van der Waals surface area contributed by atoms with E-state index in [1.807, 2.05) is 42.6 Å². The highest BCUT2D eigenvalue weighted by Gasteiger charge is 2.13. The number of benzene rings is 1. The highest BCUT2D eigenvalue weighted by Crippen LogP contribution is 2.32. The highest BCUT2D eigenvalue weighted by atomic mass is 32.1. The average Bonchev–Trinajstić information content (AvgIpc) is 3.33. The van der Waals surface area contributed by atoms with E-state index in [2.05, 4.69) is 10.1 Å². The Morgan fingerprint density at radius 1 is 1.25 bits per heavy atom. The van der Waals surface area contributed by atoms with E-state index in [0.29, 0.717) is 6.54 Å². The fourth-order valence-corrected chi connectivity index (χ4v) is 3.25. The maximum atomic E-state index is 5.50. The second-order valence-electron chi connectivity index (χ2n) is 5.02. The third-order valence-corrected chi connectivity index (χ3v) is 4.33. The van der Waals surface area contributed by atoms with Crippen molar-refractivity contribution in [3.8, 4) is 23.0 Å². The van der Waals surface area contributed by atoms with Gasteiger partial charge in [-0.05, 0) is 42.8 Å². The Kier molecular flexibility index (Phi) is 3.92. The zero-order valence-corrected chi connectivity index (χ0v) is 13.8. The minimum absolute atomic E-state index is 0.261. The first kappa shape index (κ1) is 14.8. The molecule has 6 nitrogen and oxygen atoms in total. The van der Waals surface area contributed by atoms with Gasteiger partial charge >= 0.3 is 0 Å². The van der Waals surface area contributed by atoms with Crippen LogP contribution in [0, 0.1) is 0 Å². The van der Waals surface area contributed by atoms with Crippen LogP contribution >= 0.6 is 11.3 Å². The number of hydrogen-bond acceptors (Lipinski definition) is 6. The normalized spacial score (nSPS) is 14.0. The molecule has 3 heterocycles. The second-order valence-corrected chi connectivity index (χ2v) is 5.86. The first-order valence-corrected chi connectivity index (χ1v) is 8.42. The van der Waals surface area contributed by atoms with E-state index < -0.39 is 0 Å². The first-order chi connectivity index (χ1) is 11.8. The molecule has 24 heavy (non-hydrogen) atoms. The largest absolute Gasteiger partial charge is 0.463 e. The smallest absolute Gasteiger partial charge is 0.231 e. The predicted octanol–water partition coefficient (Wildman–Crippen LogP) is 3.34. The Balaban J connectivity index is 1.73. The molecule has 0 spiro atoms. The van der Waals surface area contributed by atoms with Gasteiger partial charge in [0.1, 0.15) is 5.69 Å². The minimum Gasteiger partial charge on any atom is -0.463 e. The summed E-state index contributed by atoms with van der Waals surface area (Å²) >= 11 is 1.53. The Hall–Kier alpha value is -2.80. The fourth-order valence-electron chi connectivity index (χ4n) is 2.37. The summed E-state index contributed by atoms with van der Waals surface area (Å²) in [5.74, 6) is 2.25. The van der Waals surface area contributed by atoms with Crippen LogP contribution in [-0.4, -0.2) is 24.2 Å². The van der Waals surface area contributed by atoms with Crippen molar-refractivity contribution in [2.75, 3.05) is 13.3 Å². The summed E-state index contributed by atoms with van der Waals surface area (Å²) in [6.07, 6.45) is 3.42. The lowest BCUT2D eigenvalue weighted by Crippen LogP contribution is -2.12. The first-order valence-electron chi connectivity index (χ1n) is 7.54. The summed E-state index contributed by atoms with van der Waals surface area (Å²) in [5.41, 5.74) is 1.79. The van der Waals surface area contributed by atoms with Crippen LogP contribution in [0.15, 0.2) is 56.5 Å². The van der Waals surface area contributed by atoms with Gasteiger partial charge in [0.05, 0.1) is 12.5 Å². The molecule has 122 valence electrons. The minimum atomic E-state index is 0.261. The molecule has 0 amide bonds. The van der Waals surface area contributed by atoms with Gasteiger partial charge in [0.15, 0.2) is 17.3 Å². The van der Waals surface area contributed by atoms with Gasteiger partial charge in [0.25, 0.3) is 0 Å². The second kappa shape index (κ2) is 6.37. The van der Waals surface area contributed by atoms with Crippen LogP contribution in [0.2, 0.25) is 0 Å². The van der Waals surface area contributed by atoms with E-state index in [-0.39, 0.29) is 6.79 Å². The van der Waals surface area contributed by atoms with Crippen LogP contribution < -0.4 is 14.3 Å². The predicted molar refractivity (Wildman–Crippen MR) is 91.7 cm³/mol. The quantitative estimate of drug-likeness (QED) is 0.684. The van der Waals surface area contributed by atoms with E-state index >= 15 is 0 Å². The van der Waals surface area contributed by atoms with Gasteiger partial charge in [-0.3, -0.25) is 4.99 Å². The van der Waals surface area contributed by atoms with Crippen molar-refractivity contribution in [1.29, 1.82) is 0 Å². The molecule has 0 unspecified atom stereocenters. The molecule has 1 aliphatic heterocycles. The van der Waals surface area contributed by atoms with E-state index in [9.17, 15) is 0 Å². The molecular weight excluding hydrogens is 326 g/mol. The molecule has 3 aromatic rings. The third kappa shape index (κ3) is 2.74. The number of nitrogens with zero attached hydrogens (tertiary/aromatic N) is 3. The van der Waals surface area contributed by atoms with E-state index in [1.165, 1.54) is 11.3 Å². The molecule has 4 rings (SSSR count). The van der Waals surface area contributed by atoms with Gasteiger partial charge in [0.2, 0.25) is 11.6 Å². The van der Waals surface area contributed by atoms with Crippen molar-refractivity contribution in [2.45, 2.75) is 6.92 Å². The summed E-state index contributed by atoms with van der Waals surface area (Å²) in [5, 5.41) is 6.58. The summed E-state index contributed by atoms with van der Waals surface area (Å²) in [6, 6.07) is 9.49. The lowest BCUT2D eigenvalue weighted by Gasteiger charge is -2.01. The lowest BCUT2D eigenvalue weighted by atomic mass is 10.2. The Morgan fingerprint density at radius 2 is 2.17 bits per heavy atom. The highest BCUT2D eigenvalue weighted by molar-refractivity contribution is 7.07. The van der Waals surface area contributed by atoms with E-state index in [1.54, 1.807) is 17.2 Å². The molecule has 0 fully saturated rings. The summed E-state index contributed by atoms with van der Waals surface area (Å²) in [6.45, 7) is 2.95. The van der Waals surface area contributed by atoms with Crippen molar-refractivity contribution >= 4 is 17.6 Å². The van der Waals surface area contributed by atoms with Crippen molar-refractivity contribution in [3.63, 3.8) is 0 Å². The Morgan fingerprint density at radius 3 is 3.00 bits per heavy atom. The number of ether oxygens (including phenoxy) is 2. The number of rotatable bonds is 4. The van der Waals surface area contributed by atoms with Crippen molar-refractivity contribution < 1.29 is 13.9 Å². The molecule has 1 aromatic carbocycles. The van der Waals surface area contributed by atoms with Crippen LogP contribution in [0.4, 0.5) is 0 Å². The van der Waals surface area contributed by atoms with Crippen molar-refractivity contribution in [3.05, 3.63) is 52.3 Å². The number of thiazole rings is 1. The average molecular weight is 341 g/mol. The number of aromatic nitrogens is 1. The molecular formula is C17H15N3O3S. The maximum absolute atomic E-state index is 5.50. The fraction of sp³-hybridized carbons (Fsp3) is 0.176. The Bertz CT molecular complexity index is 938. The summed E-state index contributed by atoms with van der Waals surface area (Å²) < 4.78 is 18.0. The maximum Gasteiger partial charge on any atom is 0.231 e. The van der Waals surface area contributed by atoms with Gasteiger partial charge in [-0.15, -0.1) is 11.3 Å². The van der Waals surface area contributed by atoms with Crippen LogP contribution in [0.5, 0.6) is 11.5 Å². The zero-order chi connectivity index (χ0) is 16.4. The van der Waals surface area contributed by atoms with Crippen LogP contribution in [0.25, 0.3) is 11.5 Å². The SMILES string of the molecule is CCN=c1scc(-c2ccco2)n1N=Cc1ccc2c(c1)OCO2. The third-order valence-electron chi connectivity index (χ3n) is 3.47. The monoisotopic (exact) mass is 341 g/mol. The molecule has 0 atom stereocenters. The van der Waals surface area contributed by atoms with Gasteiger partial charge in [0, 0.05) is 11.9 Å². The summed E-state index contributed by atoms with van der Waals surface area (Å²) in [7, 11) is 0. The van der Waals surface area contributed by atoms with E-state index in [0.717, 1.165) is 33.3 Å². The van der Waals surface area contributed by atoms with Crippen LogP contribution in [0.1, 0.15) is 12.5 Å². The van der Waals surface area contributed by atoms with Crippen LogP contribution in [-0.2, 0) is 0 Å². The molecule has 0 saturated heterocycles. The number of furan rings is 1.